The topological polar surface area (TPSA) is 110 Å². The molecule has 11 heteroatoms. The molecule has 0 bridgehead atoms. The van der Waals surface area contributed by atoms with Gasteiger partial charge in [0.15, 0.2) is 16.4 Å². The molecule has 2 aliphatic heterocycles. The van der Waals surface area contributed by atoms with Crippen molar-refractivity contribution in [3.05, 3.63) is 54.6 Å². The summed E-state index contributed by atoms with van der Waals surface area (Å²) < 4.78 is 61.6. The minimum Gasteiger partial charge on any atom is -0.484 e. The van der Waals surface area contributed by atoms with Gasteiger partial charge in [0, 0.05) is 18.8 Å². The Morgan fingerprint density at radius 2 is 1.73 bits per heavy atom. The summed E-state index contributed by atoms with van der Waals surface area (Å²) in [5.74, 6) is -0.0553. The Kier molecular flexibility index (Phi) is 7.03. The highest BCUT2D eigenvalue weighted by atomic mass is 32.2. The number of ether oxygens (including phenoxy) is 2. The van der Waals surface area contributed by atoms with Crippen LogP contribution in [0.25, 0.3) is 0 Å². The van der Waals surface area contributed by atoms with Gasteiger partial charge in [0.05, 0.1) is 35.7 Å². The van der Waals surface area contributed by atoms with Gasteiger partial charge in [0.2, 0.25) is 10.0 Å². The Morgan fingerprint density at radius 3 is 2.33 bits per heavy atom. The third-order valence-corrected chi connectivity index (χ3v) is 9.33. The van der Waals surface area contributed by atoms with Gasteiger partial charge in [-0.05, 0) is 42.8 Å². The molecule has 9 nitrogen and oxygen atoms in total. The van der Waals surface area contributed by atoms with Gasteiger partial charge in [-0.1, -0.05) is 18.2 Å². The fourth-order valence-electron chi connectivity index (χ4n) is 3.98. The molecule has 2 aromatic rings. The standard InChI is InChI=1S/C22H26N2O7S2/c25-22(24(18-4-2-1-3-5-18)19-10-15-32(26,27)17-19)16-31-20-6-8-21(9-7-20)33(28,29)23-11-13-30-14-12-23/h1-9,19H,10-17H2/t19-/m0/s1. The van der Waals surface area contributed by atoms with Gasteiger partial charge in [0.1, 0.15) is 5.75 Å². The molecule has 0 saturated carbocycles. The summed E-state index contributed by atoms with van der Waals surface area (Å²) in [4.78, 5) is 14.7. The number of para-hydroxylation sites is 1. The maximum atomic E-state index is 13.0. The number of sulfonamides is 1. The third kappa shape index (κ3) is 5.55. The van der Waals surface area contributed by atoms with Gasteiger partial charge in [0.25, 0.3) is 5.91 Å². The number of anilines is 1. The minimum absolute atomic E-state index is 0.0498. The lowest BCUT2D eigenvalue weighted by Crippen LogP contribution is -2.43. The summed E-state index contributed by atoms with van der Waals surface area (Å²) in [6, 6.07) is 14.4. The second-order valence-corrected chi connectivity index (χ2v) is 12.1. The summed E-state index contributed by atoms with van der Waals surface area (Å²) in [7, 11) is -6.80. The minimum atomic E-state index is -3.62. The average Bonchev–Trinajstić information content (AvgIpc) is 3.18. The van der Waals surface area contributed by atoms with Crippen molar-refractivity contribution in [1.29, 1.82) is 0 Å². The van der Waals surface area contributed by atoms with Gasteiger partial charge >= 0.3 is 0 Å². The lowest BCUT2D eigenvalue weighted by atomic mass is 10.2. The van der Waals surface area contributed by atoms with Gasteiger partial charge in [-0.3, -0.25) is 4.79 Å². The van der Waals surface area contributed by atoms with Crippen LogP contribution in [0.4, 0.5) is 5.69 Å². The van der Waals surface area contributed by atoms with E-state index in [1.807, 2.05) is 6.07 Å². The lowest BCUT2D eigenvalue weighted by Gasteiger charge is -2.28. The van der Waals surface area contributed by atoms with E-state index < -0.39 is 25.9 Å². The molecule has 0 unspecified atom stereocenters. The predicted octanol–water partition coefficient (Wildman–Crippen LogP) is 1.31. The van der Waals surface area contributed by atoms with Crippen molar-refractivity contribution in [2.75, 3.05) is 49.3 Å². The second-order valence-electron chi connectivity index (χ2n) is 7.93. The first-order chi connectivity index (χ1) is 15.8. The molecular formula is C22H26N2O7S2. The number of rotatable bonds is 7. The highest BCUT2D eigenvalue weighted by Gasteiger charge is 2.35. The maximum absolute atomic E-state index is 13.0. The van der Waals surface area contributed by atoms with E-state index in [0.717, 1.165) is 0 Å². The zero-order valence-electron chi connectivity index (χ0n) is 18.0. The van der Waals surface area contributed by atoms with Gasteiger partial charge in [-0.2, -0.15) is 4.31 Å². The van der Waals surface area contributed by atoms with Gasteiger partial charge < -0.3 is 14.4 Å². The maximum Gasteiger partial charge on any atom is 0.265 e. The smallest absolute Gasteiger partial charge is 0.265 e. The molecule has 2 heterocycles. The van der Waals surface area contributed by atoms with E-state index in [0.29, 0.717) is 44.2 Å². The Bertz CT molecular complexity index is 1180. The molecule has 2 saturated heterocycles. The highest BCUT2D eigenvalue weighted by Crippen LogP contribution is 2.25. The number of amides is 1. The summed E-state index contributed by atoms with van der Waals surface area (Å²) >= 11 is 0. The van der Waals surface area contributed by atoms with Crippen LogP contribution in [0.15, 0.2) is 59.5 Å². The molecule has 0 radical (unpaired) electrons. The number of carbonyl (C=O) groups excluding carboxylic acids is 1. The Labute approximate surface area is 193 Å². The van der Waals surface area contributed by atoms with E-state index in [9.17, 15) is 21.6 Å². The molecule has 0 N–H and O–H groups in total. The molecule has 1 amide bonds. The number of hydrogen-bond acceptors (Lipinski definition) is 7. The van der Waals surface area contributed by atoms with E-state index in [-0.39, 0.29) is 28.9 Å². The highest BCUT2D eigenvalue weighted by molar-refractivity contribution is 7.91. The van der Waals surface area contributed by atoms with Crippen molar-refractivity contribution in [3.8, 4) is 5.75 Å². The van der Waals surface area contributed by atoms with Crippen LogP contribution in [-0.2, 0) is 29.4 Å². The second kappa shape index (κ2) is 9.80. The fourth-order valence-corrected chi connectivity index (χ4v) is 7.09. The van der Waals surface area contributed by atoms with E-state index in [1.165, 1.54) is 33.5 Å². The first-order valence-electron chi connectivity index (χ1n) is 10.6. The molecule has 0 aromatic heterocycles. The van der Waals surface area contributed by atoms with Crippen LogP contribution in [0.5, 0.6) is 5.75 Å². The molecule has 1 atom stereocenters. The molecule has 33 heavy (non-hydrogen) atoms. The SMILES string of the molecule is O=C(COc1ccc(S(=O)(=O)N2CCOCC2)cc1)N(c1ccccc1)[C@H]1CCS(=O)(=O)C1. The van der Waals surface area contributed by atoms with Crippen molar-refractivity contribution < 1.29 is 31.1 Å². The summed E-state index contributed by atoms with van der Waals surface area (Å²) in [5.41, 5.74) is 0.611. The van der Waals surface area contributed by atoms with Crippen molar-refractivity contribution in [2.45, 2.75) is 17.4 Å². The quantitative estimate of drug-likeness (QED) is 0.571. The van der Waals surface area contributed by atoms with Crippen LogP contribution in [0.2, 0.25) is 0 Å². The van der Waals surface area contributed by atoms with E-state index >= 15 is 0 Å². The number of hydrogen-bond donors (Lipinski definition) is 0. The molecule has 2 fully saturated rings. The Morgan fingerprint density at radius 1 is 1.06 bits per heavy atom. The molecule has 0 aliphatic carbocycles. The van der Waals surface area contributed by atoms with Crippen molar-refractivity contribution in [1.82, 2.24) is 4.31 Å². The van der Waals surface area contributed by atoms with Crippen molar-refractivity contribution in [2.24, 2.45) is 0 Å². The van der Waals surface area contributed by atoms with Crippen LogP contribution in [0, 0.1) is 0 Å². The van der Waals surface area contributed by atoms with Crippen LogP contribution in [0.3, 0.4) is 0 Å². The average molecular weight is 495 g/mol. The molecule has 178 valence electrons. The van der Waals surface area contributed by atoms with E-state index in [1.54, 1.807) is 24.3 Å². The molecule has 2 aliphatic rings. The number of nitrogens with zero attached hydrogens (tertiary/aromatic N) is 2. The molecule has 0 spiro atoms. The Balaban J connectivity index is 1.44. The van der Waals surface area contributed by atoms with Crippen molar-refractivity contribution in [3.63, 3.8) is 0 Å². The molecular weight excluding hydrogens is 468 g/mol. The van der Waals surface area contributed by atoms with Crippen LogP contribution in [0.1, 0.15) is 6.42 Å². The van der Waals surface area contributed by atoms with Crippen LogP contribution in [-0.4, -0.2) is 77.5 Å². The van der Waals surface area contributed by atoms with Crippen LogP contribution >= 0.6 is 0 Å². The monoisotopic (exact) mass is 494 g/mol. The normalized spacial score (nSPS) is 20.9. The van der Waals surface area contributed by atoms with Crippen LogP contribution < -0.4 is 9.64 Å². The van der Waals surface area contributed by atoms with Gasteiger partial charge in [-0.25, -0.2) is 16.8 Å². The number of benzene rings is 2. The largest absolute Gasteiger partial charge is 0.484 e. The first-order valence-corrected chi connectivity index (χ1v) is 13.9. The van der Waals surface area contributed by atoms with E-state index in [2.05, 4.69) is 0 Å². The zero-order valence-corrected chi connectivity index (χ0v) is 19.6. The fraction of sp³-hybridized carbons (Fsp3) is 0.409. The molecule has 2 aromatic carbocycles. The first kappa shape index (κ1) is 23.7. The van der Waals surface area contributed by atoms with Crippen molar-refractivity contribution >= 4 is 31.5 Å². The third-order valence-electron chi connectivity index (χ3n) is 5.67. The van der Waals surface area contributed by atoms with Gasteiger partial charge in [-0.15, -0.1) is 0 Å². The zero-order chi connectivity index (χ0) is 23.5. The van der Waals surface area contributed by atoms with E-state index in [4.69, 9.17) is 9.47 Å². The molecule has 4 rings (SSSR count). The lowest BCUT2D eigenvalue weighted by molar-refractivity contribution is -0.121. The predicted molar refractivity (Wildman–Crippen MR) is 123 cm³/mol. The number of carbonyl (C=O) groups is 1. The number of morpholine rings is 1. The number of sulfone groups is 1. The summed E-state index contributed by atoms with van der Waals surface area (Å²) in [6.07, 6.45) is 0.372. The summed E-state index contributed by atoms with van der Waals surface area (Å²) in [6.45, 7) is 1.04. The Hall–Kier alpha value is -2.47. The summed E-state index contributed by atoms with van der Waals surface area (Å²) in [5, 5.41) is 0.